The molecule has 8 heteroatoms. The fraction of sp³-hybridized carbons (Fsp3) is 0.619. The number of nitrogens with one attached hydrogen (secondary N) is 1. The lowest BCUT2D eigenvalue weighted by molar-refractivity contribution is 0.0237. The molecule has 0 aliphatic carbocycles. The van der Waals surface area contributed by atoms with E-state index in [-0.39, 0.29) is 23.8 Å². The van der Waals surface area contributed by atoms with Crippen molar-refractivity contribution in [1.29, 1.82) is 5.26 Å². The zero-order chi connectivity index (χ0) is 22.2. The molecule has 2 rings (SSSR count). The summed E-state index contributed by atoms with van der Waals surface area (Å²) in [6.45, 7) is 14.8. The molecule has 160 valence electrons. The predicted octanol–water partition coefficient (Wildman–Crippen LogP) is 4.90. The minimum absolute atomic E-state index is 0.0371. The third kappa shape index (κ3) is 4.46. The number of carbonyl (C=O) groups is 1. The Hall–Kier alpha value is -1.59. The van der Waals surface area contributed by atoms with E-state index in [1.54, 1.807) is 24.0 Å². The standard InChI is InChI=1S/C21H32ClN3O3Si/c1-14-16(9-8-15(12-23)18(14)22)24-19(27)25-11-10-17(21(25,5)13-26)28-29(6,7)20(2,3)4/h8-9,17,26H,10-11,13H2,1-7H3,(H,24,27)/t17-,21-/m0/s1. The Morgan fingerprint density at radius 3 is 2.62 bits per heavy atom. The van der Waals surface area contributed by atoms with Crippen LogP contribution < -0.4 is 5.32 Å². The first-order chi connectivity index (χ1) is 13.3. The molecule has 1 aromatic rings. The van der Waals surface area contributed by atoms with E-state index in [4.69, 9.17) is 21.3 Å². The van der Waals surface area contributed by atoms with E-state index < -0.39 is 13.9 Å². The van der Waals surface area contributed by atoms with Crippen LogP contribution in [0.4, 0.5) is 10.5 Å². The van der Waals surface area contributed by atoms with Gasteiger partial charge in [-0.25, -0.2) is 4.79 Å². The highest BCUT2D eigenvalue weighted by atomic mass is 35.5. The minimum atomic E-state index is -2.06. The molecule has 1 aliphatic heterocycles. The molecular weight excluding hydrogens is 406 g/mol. The van der Waals surface area contributed by atoms with Crippen molar-refractivity contribution < 1.29 is 14.3 Å². The fourth-order valence-electron chi connectivity index (χ4n) is 3.32. The molecule has 0 unspecified atom stereocenters. The first kappa shape index (κ1) is 23.7. The molecule has 1 fully saturated rings. The third-order valence-electron chi connectivity index (χ3n) is 6.48. The second kappa shape index (κ2) is 8.27. The lowest BCUT2D eigenvalue weighted by atomic mass is 9.97. The van der Waals surface area contributed by atoms with Crippen molar-refractivity contribution in [2.24, 2.45) is 0 Å². The number of halogens is 1. The third-order valence-corrected chi connectivity index (χ3v) is 11.5. The lowest BCUT2D eigenvalue weighted by Gasteiger charge is -2.44. The summed E-state index contributed by atoms with van der Waals surface area (Å²) in [4.78, 5) is 14.7. The maximum absolute atomic E-state index is 13.1. The van der Waals surface area contributed by atoms with Crippen LogP contribution in [0.3, 0.4) is 0 Å². The number of nitrogens with zero attached hydrogens (tertiary/aromatic N) is 2. The van der Waals surface area contributed by atoms with Crippen molar-refractivity contribution >= 4 is 31.6 Å². The van der Waals surface area contributed by atoms with Crippen LogP contribution >= 0.6 is 11.6 Å². The molecule has 2 N–H and O–H groups in total. The van der Waals surface area contributed by atoms with Gasteiger partial charge < -0.3 is 19.7 Å². The van der Waals surface area contributed by atoms with Crippen molar-refractivity contribution in [1.82, 2.24) is 4.90 Å². The van der Waals surface area contributed by atoms with E-state index in [1.807, 2.05) is 13.0 Å². The van der Waals surface area contributed by atoms with Gasteiger partial charge in [0.05, 0.1) is 28.8 Å². The van der Waals surface area contributed by atoms with Gasteiger partial charge >= 0.3 is 6.03 Å². The number of rotatable bonds is 4. The zero-order valence-corrected chi connectivity index (χ0v) is 20.1. The van der Waals surface area contributed by atoms with Gasteiger partial charge in [-0.1, -0.05) is 32.4 Å². The normalized spacial score (nSPS) is 22.5. The van der Waals surface area contributed by atoms with E-state index >= 15 is 0 Å². The van der Waals surface area contributed by atoms with E-state index in [9.17, 15) is 9.90 Å². The van der Waals surface area contributed by atoms with Crippen LogP contribution in [0, 0.1) is 18.3 Å². The quantitative estimate of drug-likeness (QED) is 0.656. The number of anilines is 1. The van der Waals surface area contributed by atoms with E-state index in [2.05, 4.69) is 39.2 Å². The van der Waals surface area contributed by atoms with Crippen molar-refractivity contribution in [2.45, 2.75) is 70.8 Å². The van der Waals surface area contributed by atoms with Crippen LogP contribution in [0.15, 0.2) is 12.1 Å². The molecule has 1 heterocycles. The number of benzene rings is 1. The maximum atomic E-state index is 13.1. The van der Waals surface area contributed by atoms with Crippen LogP contribution in [0.1, 0.15) is 45.2 Å². The predicted molar refractivity (Wildman–Crippen MR) is 119 cm³/mol. The van der Waals surface area contributed by atoms with Crippen LogP contribution in [0.2, 0.25) is 23.2 Å². The Kier molecular flexibility index (Phi) is 6.75. The second-order valence-corrected chi connectivity index (χ2v) is 14.6. The van der Waals surface area contributed by atoms with Gasteiger partial charge in [-0.05, 0) is 56.1 Å². The van der Waals surface area contributed by atoms with Gasteiger partial charge in [0.25, 0.3) is 0 Å². The number of hydrogen-bond acceptors (Lipinski definition) is 4. The van der Waals surface area contributed by atoms with E-state index in [0.29, 0.717) is 34.8 Å². The Morgan fingerprint density at radius 2 is 2.10 bits per heavy atom. The summed E-state index contributed by atoms with van der Waals surface area (Å²) in [6.07, 6.45) is 0.439. The smallest absolute Gasteiger partial charge is 0.322 e. The summed E-state index contributed by atoms with van der Waals surface area (Å²) in [5.41, 5.74) is 0.738. The molecule has 0 bridgehead atoms. The number of hydrogen-bond donors (Lipinski definition) is 2. The summed E-state index contributed by atoms with van der Waals surface area (Å²) < 4.78 is 6.57. The summed E-state index contributed by atoms with van der Waals surface area (Å²) in [5.74, 6) is 0. The maximum Gasteiger partial charge on any atom is 0.322 e. The van der Waals surface area contributed by atoms with Gasteiger partial charge in [-0.15, -0.1) is 0 Å². The molecule has 2 atom stereocenters. The summed E-state index contributed by atoms with van der Waals surface area (Å²) in [5, 5.41) is 22.6. The number of amides is 2. The molecule has 1 aliphatic rings. The van der Waals surface area contributed by atoms with Crippen LogP contribution in [0.25, 0.3) is 0 Å². The van der Waals surface area contributed by atoms with Gasteiger partial charge in [-0.2, -0.15) is 5.26 Å². The molecule has 1 aromatic carbocycles. The number of aliphatic hydroxyl groups excluding tert-OH is 1. The SMILES string of the molecule is Cc1c(NC(=O)N2CC[C@H](O[Si](C)(C)C(C)(C)C)[C@]2(C)CO)ccc(C#N)c1Cl. The largest absolute Gasteiger partial charge is 0.411 e. The van der Waals surface area contributed by atoms with Gasteiger partial charge in [0.2, 0.25) is 0 Å². The van der Waals surface area contributed by atoms with Gasteiger partial charge in [0.15, 0.2) is 8.32 Å². The molecule has 1 saturated heterocycles. The minimum Gasteiger partial charge on any atom is -0.411 e. The molecule has 0 aromatic heterocycles. The average molecular weight is 438 g/mol. The first-order valence-corrected chi connectivity index (χ1v) is 13.1. The highest BCUT2D eigenvalue weighted by molar-refractivity contribution is 6.74. The Labute approximate surface area is 179 Å². The summed E-state index contributed by atoms with van der Waals surface area (Å²) in [6, 6.07) is 4.98. The van der Waals surface area contributed by atoms with Crippen molar-refractivity contribution in [2.75, 3.05) is 18.5 Å². The average Bonchev–Trinajstić information content (AvgIpc) is 2.95. The number of aliphatic hydroxyl groups is 1. The van der Waals surface area contributed by atoms with Gasteiger partial charge in [-0.3, -0.25) is 0 Å². The number of likely N-dealkylation sites (tertiary alicyclic amines) is 1. The van der Waals surface area contributed by atoms with Gasteiger partial charge in [0, 0.05) is 12.2 Å². The number of nitriles is 1. The molecule has 6 nitrogen and oxygen atoms in total. The topological polar surface area (TPSA) is 85.6 Å². The highest BCUT2D eigenvalue weighted by Gasteiger charge is 2.51. The molecule has 0 spiro atoms. The number of carbonyl (C=O) groups excluding carboxylic acids is 1. The van der Waals surface area contributed by atoms with Crippen LogP contribution in [-0.2, 0) is 4.43 Å². The van der Waals surface area contributed by atoms with Crippen molar-refractivity contribution in [3.8, 4) is 6.07 Å². The Morgan fingerprint density at radius 1 is 1.48 bits per heavy atom. The van der Waals surface area contributed by atoms with E-state index in [1.165, 1.54) is 0 Å². The Bertz CT molecular complexity index is 832. The molecular formula is C21H32ClN3O3Si. The molecule has 0 radical (unpaired) electrons. The second-order valence-electron chi connectivity index (χ2n) is 9.46. The van der Waals surface area contributed by atoms with E-state index in [0.717, 1.165) is 0 Å². The van der Waals surface area contributed by atoms with Crippen LogP contribution in [-0.4, -0.2) is 49.1 Å². The Balaban J connectivity index is 2.24. The molecule has 0 saturated carbocycles. The molecule has 29 heavy (non-hydrogen) atoms. The van der Waals surface area contributed by atoms with Gasteiger partial charge in [0.1, 0.15) is 6.07 Å². The zero-order valence-electron chi connectivity index (χ0n) is 18.4. The summed E-state index contributed by atoms with van der Waals surface area (Å²) in [7, 11) is -2.06. The molecule has 2 amide bonds. The fourth-order valence-corrected chi connectivity index (χ4v) is 4.96. The first-order valence-electron chi connectivity index (χ1n) is 9.85. The lowest BCUT2D eigenvalue weighted by Crippen LogP contribution is -2.58. The highest BCUT2D eigenvalue weighted by Crippen LogP contribution is 2.42. The summed E-state index contributed by atoms with van der Waals surface area (Å²) >= 11 is 6.22. The van der Waals surface area contributed by atoms with Crippen molar-refractivity contribution in [3.05, 3.63) is 28.3 Å². The van der Waals surface area contributed by atoms with Crippen LogP contribution in [0.5, 0.6) is 0 Å². The monoisotopic (exact) mass is 437 g/mol. The number of urea groups is 1. The van der Waals surface area contributed by atoms with Crippen molar-refractivity contribution in [3.63, 3.8) is 0 Å².